The molecule has 0 aliphatic carbocycles. The number of ether oxygens (including phenoxy) is 1. The Hall–Kier alpha value is -0.780. The van der Waals surface area contributed by atoms with Crippen LogP contribution in [0, 0.1) is 5.82 Å². The number of halogens is 2. The van der Waals surface area contributed by atoms with Gasteiger partial charge in [0.1, 0.15) is 10.4 Å². The van der Waals surface area contributed by atoms with Crippen molar-refractivity contribution in [2.75, 3.05) is 7.11 Å². The summed E-state index contributed by atoms with van der Waals surface area (Å²) in [6.07, 6.45) is 0. The lowest BCUT2D eigenvalue weighted by Gasteiger charge is -2.03. The third kappa shape index (κ3) is 2.37. The van der Waals surface area contributed by atoms with Crippen molar-refractivity contribution in [3.05, 3.63) is 29.6 Å². The molecule has 0 amide bonds. The van der Waals surface area contributed by atoms with Crippen molar-refractivity contribution in [2.24, 2.45) is 0 Å². The Labute approximate surface area is 87.5 Å². The van der Waals surface area contributed by atoms with E-state index in [1.54, 1.807) is 0 Å². The summed E-state index contributed by atoms with van der Waals surface area (Å²) in [5.41, 5.74) is 0.0517. The van der Waals surface area contributed by atoms with Crippen LogP contribution in [0.3, 0.4) is 0 Å². The molecular formula is C8H6ClFO3S. The van der Waals surface area contributed by atoms with Crippen LogP contribution in [0.5, 0.6) is 0 Å². The number of benzene rings is 1. The fraction of sp³-hybridized carbons (Fsp3) is 0.125. The summed E-state index contributed by atoms with van der Waals surface area (Å²) >= 11 is 0. The van der Waals surface area contributed by atoms with Crippen molar-refractivity contribution in [1.29, 1.82) is 0 Å². The third-order valence-electron chi connectivity index (χ3n) is 1.53. The molecule has 0 bridgehead atoms. The van der Waals surface area contributed by atoms with Gasteiger partial charge in [-0.25, -0.2) is 9.18 Å². The summed E-state index contributed by atoms with van der Waals surface area (Å²) in [6.45, 7) is 0. The van der Waals surface area contributed by atoms with Crippen LogP contribution in [0.15, 0.2) is 23.1 Å². The molecule has 14 heavy (non-hydrogen) atoms. The van der Waals surface area contributed by atoms with Crippen molar-refractivity contribution in [3.8, 4) is 0 Å². The minimum atomic E-state index is -1.92. The van der Waals surface area contributed by atoms with Gasteiger partial charge in [-0.2, -0.15) is 0 Å². The highest BCUT2D eigenvalue weighted by atomic mass is 35.7. The Morgan fingerprint density at radius 3 is 2.71 bits per heavy atom. The third-order valence-corrected chi connectivity index (χ3v) is 2.70. The lowest BCUT2D eigenvalue weighted by Crippen LogP contribution is -2.03. The van der Waals surface area contributed by atoms with Gasteiger partial charge in [-0.05, 0) is 18.2 Å². The number of rotatable bonds is 2. The Kier molecular flexibility index (Phi) is 3.74. The maximum Gasteiger partial charge on any atom is 0.337 e. The standard InChI is InChI=1S/C8H6ClFO3S/c1-13-8(11)5-2-3-7(14(9)12)6(10)4-5/h2-4H,1H3. The minimum Gasteiger partial charge on any atom is -0.594 e. The number of carbonyl (C=O) groups is 1. The molecule has 76 valence electrons. The second kappa shape index (κ2) is 4.63. The molecule has 1 rings (SSSR count). The van der Waals surface area contributed by atoms with Crippen LogP contribution >= 0.6 is 10.7 Å². The van der Waals surface area contributed by atoms with Crippen LogP contribution in [0.25, 0.3) is 0 Å². The summed E-state index contributed by atoms with van der Waals surface area (Å²) in [4.78, 5) is 10.8. The lowest BCUT2D eigenvalue weighted by atomic mass is 10.2. The quantitative estimate of drug-likeness (QED) is 0.582. The highest BCUT2D eigenvalue weighted by Gasteiger charge is 2.17. The molecular weight excluding hydrogens is 231 g/mol. The smallest absolute Gasteiger partial charge is 0.337 e. The number of methoxy groups -OCH3 is 1. The first-order valence-corrected chi connectivity index (χ1v) is 5.49. The van der Waals surface area contributed by atoms with E-state index in [0.717, 1.165) is 6.07 Å². The molecule has 1 aromatic rings. The average Bonchev–Trinajstić information content (AvgIpc) is 2.15. The molecule has 3 nitrogen and oxygen atoms in total. The minimum absolute atomic E-state index is 0.0517. The van der Waals surface area contributed by atoms with Gasteiger partial charge in [-0.1, -0.05) is 0 Å². The van der Waals surface area contributed by atoms with E-state index >= 15 is 0 Å². The van der Waals surface area contributed by atoms with Crippen LogP contribution < -0.4 is 0 Å². The summed E-state index contributed by atoms with van der Waals surface area (Å²) in [5.74, 6) is -1.45. The van der Waals surface area contributed by atoms with E-state index < -0.39 is 22.2 Å². The van der Waals surface area contributed by atoms with Crippen LogP contribution in [0.2, 0.25) is 0 Å². The average molecular weight is 237 g/mol. The van der Waals surface area contributed by atoms with Crippen LogP contribution in [-0.4, -0.2) is 17.6 Å². The normalized spacial score (nSPS) is 12.3. The van der Waals surface area contributed by atoms with Gasteiger partial charge in [0, 0.05) is 0 Å². The summed E-state index contributed by atoms with van der Waals surface area (Å²) in [5, 5.41) is 0. The van der Waals surface area contributed by atoms with Gasteiger partial charge in [-0.3, -0.25) is 0 Å². The molecule has 1 aromatic carbocycles. The van der Waals surface area contributed by atoms with E-state index in [1.165, 1.54) is 19.2 Å². The fourth-order valence-corrected chi connectivity index (χ4v) is 1.64. The molecule has 0 aliphatic heterocycles. The molecule has 1 unspecified atom stereocenters. The van der Waals surface area contributed by atoms with E-state index in [4.69, 9.17) is 10.7 Å². The maximum absolute atomic E-state index is 13.1. The lowest BCUT2D eigenvalue weighted by molar-refractivity contribution is 0.0600. The number of carbonyl (C=O) groups excluding carboxylic acids is 1. The number of hydrogen-bond donors (Lipinski definition) is 0. The molecule has 0 radical (unpaired) electrons. The van der Waals surface area contributed by atoms with Crippen molar-refractivity contribution >= 4 is 27.0 Å². The van der Waals surface area contributed by atoms with Crippen LogP contribution in [-0.2, 0) is 15.1 Å². The summed E-state index contributed by atoms with van der Waals surface area (Å²) in [6, 6.07) is 3.41. The molecule has 6 heteroatoms. The van der Waals surface area contributed by atoms with Gasteiger partial charge in [0.25, 0.3) is 0 Å². The van der Waals surface area contributed by atoms with Crippen LogP contribution in [0.1, 0.15) is 10.4 Å². The van der Waals surface area contributed by atoms with Crippen molar-refractivity contribution < 1.29 is 18.5 Å². The predicted molar refractivity (Wildman–Crippen MR) is 50.0 cm³/mol. The SMILES string of the molecule is COC(=O)c1ccc([S+]([O-])Cl)c(F)c1. The number of hydrogen-bond acceptors (Lipinski definition) is 3. The Balaban J connectivity index is 3.06. The Morgan fingerprint density at radius 1 is 1.64 bits per heavy atom. The van der Waals surface area contributed by atoms with E-state index in [9.17, 15) is 13.7 Å². The maximum atomic E-state index is 13.1. The van der Waals surface area contributed by atoms with Crippen molar-refractivity contribution in [1.82, 2.24) is 0 Å². The molecule has 0 fully saturated rings. The Bertz CT molecular complexity index is 356. The van der Waals surface area contributed by atoms with Gasteiger partial charge < -0.3 is 9.29 Å². The topological polar surface area (TPSA) is 49.4 Å². The van der Waals surface area contributed by atoms with Gasteiger partial charge >= 0.3 is 5.97 Å². The first-order valence-electron chi connectivity index (χ1n) is 3.52. The van der Waals surface area contributed by atoms with Gasteiger partial charge in [0.2, 0.25) is 4.90 Å². The van der Waals surface area contributed by atoms with E-state index in [2.05, 4.69) is 4.74 Å². The largest absolute Gasteiger partial charge is 0.594 e. The van der Waals surface area contributed by atoms with E-state index in [-0.39, 0.29) is 10.5 Å². The molecule has 0 saturated carbocycles. The van der Waals surface area contributed by atoms with Crippen LogP contribution in [0.4, 0.5) is 4.39 Å². The molecule has 0 aromatic heterocycles. The van der Waals surface area contributed by atoms with Gasteiger partial charge in [0.05, 0.1) is 12.7 Å². The Morgan fingerprint density at radius 2 is 2.29 bits per heavy atom. The molecule has 0 saturated heterocycles. The predicted octanol–water partition coefficient (Wildman–Crippen LogP) is 1.87. The zero-order chi connectivity index (χ0) is 10.7. The molecule has 0 aliphatic rings. The van der Waals surface area contributed by atoms with Gasteiger partial charge in [0.15, 0.2) is 16.5 Å². The highest BCUT2D eigenvalue weighted by molar-refractivity contribution is 8.13. The molecule has 1 atom stereocenters. The van der Waals surface area contributed by atoms with E-state index in [0.29, 0.717) is 0 Å². The molecule has 0 N–H and O–H groups in total. The second-order valence-electron chi connectivity index (χ2n) is 2.36. The molecule has 0 spiro atoms. The zero-order valence-electron chi connectivity index (χ0n) is 7.12. The van der Waals surface area contributed by atoms with Crippen molar-refractivity contribution in [3.63, 3.8) is 0 Å². The van der Waals surface area contributed by atoms with Crippen molar-refractivity contribution in [2.45, 2.75) is 4.90 Å². The first kappa shape index (κ1) is 11.3. The zero-order valence-corrected chi connectivity index (χ0v) is 8.69. The summed E-state index contributed by atoms with van der Waals surface area (Å²) in [7, 11) is 4.46. The molecule has 0 heterocycles. The first-order chi connectivity index (χ1) is 6.56. The monoisotopic (exact) mass is 236 g/mol. The fourth-order valence-electron chi connectivity index (χ4n) is 0.876. The van der Waals surface area contributed by atoms with E-state index in [1.807, 2.05) is 0 Å². The van der Waals surface area contributed by atoms with Gasteiger partial charge in [-0.15, -0.1) is 0 Å². The second-order valence-corrected chi connectivity index (χ2v) is 4.09. The number of esters is 1. The summed E-state index contributed by atoms with van der Waals surface area (Å²) < 4.78 is 28.2. The highest BCUT2D eigenvalue weighted by Crippen LogP contribution is 2.20.